The van der Waals surface area contributed by atoms with Crippen LogP contribution in [-0.4, -0.2) is 23.2 Å². The van der Waals surface area contributed by atoms with E-state index in [4.69, 9.17) is 10.00 Å². The lowest BCUT2D eigenvalue weighted by atomic mass is 10.1. The highest BCUT2D eigenvalue weighted by molar-refractivity contribution is 5.96. The van der Waals surface area contributed by atoms with E-state index < -0.39 is 35.7 Å². The van der Waals surface area contributed by atoms with E-state index in [9.17, 15) is 27.5 Å². The number of hydrogen-bond donors (Lipinski definition) is 2. The number of aliphatic hydroxyl groups is 1. The van der Waals surface area contributed by atoms with E-state index in [1.807, 2.05) is 0 Å². The van der Waals surface area contributed by atoms with Crippen LogP contribution in [0.3, 0.4) is 0 Å². The van der Waals surface area contributed by atoms with Crippen LogP contribution in [0.25, 0.3) is 0 Å². The molecule has 1 atom stereocenters. The molecule has 0 aliphatic heterocycles. The number of ether oxygens (including phenoxy) is 1. The Labute approximate surface area is 151 Å². The van der Waals surface area contributed by atoms with Gasteiger partial charge in [-0.05, 0) is 43.3 Å². The van der Waals surface area contributed by atoms with Crippen molar-refractivity contribution in [2.24, 2.45) is 0 Å². The van der Waals surface area contributed by atoms with Crippen LogP contribution in [0.15, 0.2) is 42.5 Å². The Hall–Kier alpha value is -3.12. The Bertz CT molecular complexity index is 872. The molecule has 0 fully saturated rings. The molecule has 0 heterocycles. The summed E-state index contributed by atoms with van der Waals surface area (Å²) in [5.74, 6) is -1.74. The maximum absolute atomic E-state index is 13.5. The Kier molecular flexibility index (Phi) is 5.71. The molecular formula is C18H14F4N2O3. The van der Waals surface area contributed by atoms with Crippen LogP contribution in [0.4, 0.5) is 23.2 Å². The van der Waals surface area contributed by atoms with Crippen LogP contribution < -0.4 is 10.1 Å². The number of halogens is 4. The van der Waals surface area contributed by atoms with Gasteiger partial charge < -0.3 is 15.2 Å². The van der Waals surface area contributed by atoms with E-state index in [1.165, 1.54) is 12.1 Å². The summed E-state index contributed by atoms with van der Waals surface area (Å²) in [5.41, 5.74) is -3.06. The standard InChI is InChI=1S/C18H14F4N2O3/c1-17(26,10-27-14-7-2-11(9-23)15(19)8-14)16(25)24-13-5-3-12(4-6-13)18(20,21)22/h2-8,26H,10H2,1H3,(H,24,25)/t17-/m0/s1. The fourth-order valence-corrected chi connectivity index (χ4v) is 1.97. The fraction of sp³-hybridized carbons (Fsp3) is 0.222. The van der Waals surface area contributed by atoms with Gasteiger partial charge in [0.1, 0.15) is 24.2 Å². The van der Waals surface area contributed by atoms with Crippen LogP contribution in [-0.2, 0) is 11.0 Å². The molecule has 0 aliphatic rings. The predicted molar refractivity (Wildman–Crippen MR) is 87.3 cm³/mol. The molecule has 0 saturated heterocycles. The van der Waals surface area contributed by atoms with Gasteiger partial charge in [-0.1, -0.05) is 0 Å². The van der Waals surface area contributed by atoms with Crippen molar-refractivity contribution in [1.82, 2.24) is 0 Å². The molecule has 5 nitrogen and oxygen atoms in total. The van der Waals surface area contributed by atoms with Crippen LogP contribution in [0.2, 0.25) is 0 Å². The first kappa shape index (κ1) is 20.2. The van der Waals surface area contributed by atoms with E-state index in [2.05, 4.69) is 5.32 Å². The normalized spacial score (nSPS) is 13.4. The van der Waals surface area contributed by atoms with E-state index in [-0.39, 0.29) is 17.0 Å². The molecule has 2 aromatic rings. The van der Waals surface area contributed by atoms with Gasteiger partial charge in [0, 0.05) is 11.8 Å². The largest absolute Gasteiger partial charge is 0.490 e. The van der Waals surface area contributed by atoms with Gasteiger partial charge in [0.05, 0.1) is 11.1 Å². The molecule has 0 bridgehead atoms. The maximum Gasteiger partial charge on any atom is 0.416 e. The molecule has 0 radical (unpaired) electrons. The van der Waals surface area contributed by atoms with Crippen molar-refractivity contribution in [3.63, 3.8) is 0 Å². The highest BCUT2D eigenvalue weighted by Gasteiger charge is 2.33. The van der Waals surface area contributed by atoms with Gasteiger partial charge in [-0.15, -0.1) is 0 Å². The van der Waals surface area contributed by atoms with E-state index in [1.54, 1.807) is 6.07 Å². The summed E-state index contributed by atoms with van der Waals surface area (Å²) in [4.78, 5) is 12.1. The van der Waals surface area contributed by atoms with Gasteiger partial charge >= 0.3 is 6.18 Å². The number of carbonyl (C=O) groups excluding carboxylic acids is 1. The van der Waals surface area contributed by atoms with Crippen molar-refractivity contribution in [3.8, 4) is 11.8 Å². The predicted octanol–water partition coefficient (Wildman–Crippen LogP) is 3.48. The number of carbonyl (C=O) groups is 1. The molecule has 1 amide bonds. The lowest BCUT2D eigenvalue weighted by molar-refractivity contribution is -0.137. The lowest BCUT2D eigenvalue weighted by Crippen LogP contribution is -2.45. The van der Waals surface area contributed by atoms with Gasteiger partial charge in [0.15, 0.2) is 5.60 Å². The molecule has 9 heteroatoms. The van der Waals surface area contributed by atoms with E-state index in [0.717, 1.165) is 37.3 Å². The number of hydrogen-bond acceptors (Lipinski definition) is 4. The SMILES string of the molecule is C[C@](O)(COc1ccc(C#N)c(F)c1)C(=O)Nc1ccc(C(F)(F)F)cc1. The highest BCUT2D eigenvalue weighted by Crippen LogP contribution is 2.30. The van der Waals surface area contributed by atoms with Crippen molar-refractivity contribution in [2.45, 2.75) is 18.7 Å². The second-order valence-electron chi connectivity index (χ2n) is 5.85. The zero-order chi connectivity index (χ0) is 20.2. The van der Waals surface area contributed by atoms with Crippen molar-refractivity contribution < 1.29 is 32.2 Å². The maximum atomic E-state index is 13.5. The van der Waals surface area contributed by atoms with Gasteiger partial charge in [0.25, 0.3) is 5.91 Å². The Morgan fingerprint density at radius 1 is 1.22 bits per heavy atom. The number of alkyl halides is 3. The minimum atomic E-state index is -4.50. The molecule has 0 aromatic heterocycles. The van der Waals surface area contributed by atoms with Crippen LogP contribution >= 0.6 is 0 Å². The van der Waals surface area contributed by atoms with Gasteiger partial charge in [-0.25, -0.2) is 4.39 Å². The van der Waals surface area contributed by atoms with Crippen LogP contribution in [0, 0.1) is 17.1 Å². The molecule has 2 rings (SSSR count). The summed E-state index contributed by atoms with van der Waals surface area (Å²) >= 11 is 0. The lowest BCUT2D eigenvalue weighted by Gasteiger charge is -2.22. The number of amides is 1. The first-order chi connectivity index (χ1) is 12.5. The number of nitriles is 1. The highest BCUT2D eigenvalue weighted by atomic mass is 19.4. The molecule has 2 N–H and O–H groups in total. The van der Waals surface area contributed by atoms with E-state index in [0.29, 0.717) is 0 Å². The topological polar surface area (TPSA) is 82.3 Å². The first-order valence-corrected chi connectivity index (χ1v) is 7.56. The molecular weight excluding hydrogens is 368 g/mol. The van der Waals surface area contributed by atoms with Crippen molar-refractivity contribution in [2.75, 3.05) is 11.9 Å². The average Bonchev–Trinajstić information content (AvgIpc) is 2.60. The van der Waals surface area contributed by atoms with Gasteiger partial charge in [-0.2, -0.15) is 18.4 Å². The summed E-state index contributed by atoms with van der Waals surface area (Å²) in [7, 11) is 0. The monoisotopic (exact) mass is 382 g/mol. The quantitative estimate of drug-likeness (QED) is 0.776. The third-order valence-electron chi connectivity index (χ3n) is 3.54. The number of nitrogens with one attached hydrogen (secondary N) is 1. The zero-order valence-electron chi connectivity index (χ0n) is 14.0. The summed E-state index contributed by atoms with van der Waals surface area (Å²) in [6, 6.07) is 8.73. The van der Waals surface area contributed by atoms with Crippen molar-refractivity contribution >= 4 is 11.6 Å². The molecule has 0 spiro atoms. The minimum absolute atomic E-state index is 0.00546. The Balaban J connectivity index is 2.00. The summed E-state index contributed by atoms with van der Waals surface area (Å²) in [6.45, 7) is 0.581. The van der Waals surface area contributed by atoms with Gasteiger partial charge in [0.2, 0.25) is 0 Å². The third-order valence-corrected chi connectivity index (χ3v) is 3.54. The Morgan fingerprint density at radius 3 is 2.37 bits per heavy atom. The zero-order valence-corrected chi connectivity index (χ0v) is 14.0. The van der Waals surface area contributed by atoms with Crippen LogP contribution in [0.5, 0.6) is 5.75 Å². The van der Waals surface area contributed by atoms with Crippen molar-refractivity contribution in [3.05, 3.63) is 59.4 Å². The van der Waals surface area contributed by atoms with E-state index >= 15 is 0 Å². The molecule has 0 aliphatic carbocycles. The third kappa shape index (κ3) is 5.18. The number of rotatable bonds is 5. The van der Waals surface area contributed by atoms with Gasteiger partial charge in [-0.3, -0.25) is 4.79 Å². The first-order valence-electron chi connectivity index (χ1n) is 7.56. The molecule has 0 saturated carbocycles. The summed E-state index contributed by atoms with van der Waals surface area (Å²) in [6.07, 6.45) is -4.50. The molecule has 0 unspecified atom stereocenters. The number of benzene rings is 2. The summed E-state index contributed by atoms with van der Waals surface area (Å²) in [5, 5.41) is 21.1. The molecule has 142 valence electrons. The summed E-state index contributed by atoms with van der Waals surface area (Å²) < 4.78 is 56.2. The Morgan fingerprint density at radius 2 is 1.85 bits per heavy atom. The molecule has 27 heavy (non-hydrogen) atoms. The molecule has 2 aromatic carbocycles. The second-order valence-corrected chi connectivity index (χ2v) is 5.85. The van der Waals surface area contributed by atoms with Crippen LogP contribution in [0.1, 0.15) is 18.1 Å². The number of anilines is 1. The number of nitrogens with zero attached hydrogens (tertiary/aromatic N) is 1. The minimum Gasteiger partial charge on any atom is -0.490 e. The average molecular weight is 382 g/mol. The smallest absolute Gasteiger partial charge is 0.416 e. The fourth-order valence-electron chi connectivity index (χ4n) is 1.97. The second kappa shape index (κ2) is 7.63. The van der Waals surface area contributed by atoms with Crippen molar-refractivity contribution in [1.29, 1.82) is 5.26 Å².